The monoisotopic (exact) mass is 3040 g/mol. The van der Waals surface area contributed by atoms with Crippen molar-refractivity contribution in [3.8, 4) is 44.7 Å². The summed E-state index contributed by atoms with van der Waals surface area (Å²) in [5, 5.41) is 66.1. The Bertz CT molecular complexity index is 4480. The van der Waals surface area contributed by atoms with Crippen LogP contribution in [0, 0.1) is 0 Å². The van der Waals surface area contributed by atoms with Crippen LogP contribution in [-0.4, -0.2) is 42.9 Å². The van der Waals surface area contributed by atoms with Crippen molar-refractivity contribution in [1.82, 2.24) is 0 Å². The normalized spacial score (nSPS) is 10.1. The molecule has 0 unspecified atom stereocenters. The Labute approximate surface area is 484 Å². The van der Waals surface area contributed by atoms with Gasteiger partial charge < -0.3 is 58.2 Å². The van der Waals surface area contributed by atoms with Crippen LogP contribution in [0.4, 0.5) is 0 Å². The molecule has 4 heterocycles. The van der Waals surface area contributed by atoms with Gasteiger partial charge in [-0.1, -0.05) is 127 Å². The van der Waals surface area contributed by atoms with Crippen LogP contribution in [0.2, 0.25) is 0 Å². The van der Waals surface area contributed by atoms with Crippen LogP contribution in [-0.2, 0) is 57.6 Å². The van der Waals surface area contributed by atoms with E-state index in [0.717, 1.165) is 60.8 Å². The van der Waals surface area contributed by atoms with Crippen LogP contribution >= 0.6 is 0 Å². The molecule has 16 nitrogen and oxygen atoms in total. The maximum absolute atomic E-state index is 12.5. The molecule has 0 amide bonds. The van der Waals surface area contributed by atoms with Crippen molar-refractivity contribution in [1.29, 1.82) is 0 Å². The molecule has 12 aromatic rings. The van der Waals surface area contributed by atoms with E-state index in [1.165, 1.54) is 12.3 Å². The molecule has 7 N–H and O–H groups in total. The van der Waals surface area contributed by atoms with E-state index in [1.54, 1.807) is 153 Å². The molecule has 0 aliphatic carbocycles. The Morgan fingerprint density at radius 2 is 0.717 bits per heavy atom. The smallest absolute Gasteiger partial charge is 0.344 e. The third kappa shape index (κ3) is 15.5. The van der Waals surface area contributed by atoms with Gasteiger partial charge >= 0.3 is 11.3 Å². The summed E-state index contributed by atoms with van der Waals surface area (Å²) in [4.78, 5) is 49.0. The SMILES string of the molecule is COCc1ccc2oc(=O)c(-c3ccc(CO)cc3)cc2c1.O=c1c(-c2ccc(CO)cc2)coc2cc(CO)ccc12.O=c1cc(-c2ccc(CO)cc2)oc2ccc(CO)cc12.O=c1oc2cc(CO)ccc2cc1-c1ccc(CO)cc1.[Sg].[Sg].[Sg].[Sg].[Sg].[Sg].[Sg]. The first-order valence-corrected chi connectivity index (χ1v) is 26.7. The molecule has 444 valence electrons. The van der Waals surface area contributed by atoms with E-state index in [9.17, 15) is 19.2 Å². The Morgan fingerprint density at radius 1 is 0.326 bits per heavy atom. The van der Waals surface area contributed by atoms with Gasteiger partial charge in [0.1, 0.15) is 34.4 Å². The van der Waals surface area contributed by atoms with Crippen molar-refractivity contribution in [2.45, 2.75) is 52.9 Å². The van der Waals surface area contributed by atoms with Crippen LogP contribution < -0.4 is 22.1 Å². The zero-order chi connectivity index (χ0) is 60.0. The Kier molecular flexibility index (Phi) is 24.6. The quantitative estimate of drug-likeness (QED) is 0.0529. The summed E-state index contributed by atoms with van der Waals surface area (Å²) in [6, 6.07) is 54.6. The van der Waals surface area contributed by atoms with Gasteiger partial charge in [-0.15, -0.1) is 0 Å². The van der Waals surface area contributed by atoms with Crippen molar-refractivity contribution in [2.75, 3.05) is 7.11 Å². The van der Waals surface area contributed by atoms with E-state index >= 15 is 0 Å². The number of hydrogen-bond acceptors (Lipinski definition) is 16. The fraction of sp³-hybridized carbons (Fsp3) is 0.130. The van der Waals surface area contributed by atoms with Gasteiger partial charge in [-0.05, 0) is 116 Å². The third-order valence-corrected chi connectivity index (χ3v) is 13.8. The average molecular weight is 3030 g/mol. The van der Waals surface area contributed by atoms with Gasteiger partial charge in [-0.2, -0.15) is 0 Å². The van der Waals surface area contributed by atoms with Crippen LogP contribution in [0.1, 0.15) is 44.5 Å². The van der Waals surface area contributed by atoms with Crippen molar-refractivity contribution in [3.63, 3.8) is 0 Å². The second-order valence-electron chi connectivity index (χ2n) is 19.6. The van der Waals surface area contributed by atoms with E-state index in [0.29, 0.717) is 78.9 Å². The van der Waals surface area contributed by atoms with Gasteiger partial charge in [0.15, 0.2) is 10.9 Å². The Balaban J connectivity index is 0.000000408. The van der Waals surface area contributed by atoms with E-state index < -0.39 is 5.63 Å². The molecule has 4 aromatic heterocycles. The third-order valence-electron chi connectivity index (χ3n) is 13.8. The van der Waals surface area contributed by atoms with Gasteiger partial charge in [0.2, 0.25) is 0 Å². The van der Waals surface area contributed by atoms with Gasteiger partial charge in [-0.3, -0.25) is 9.59 Å². The first-order valence-electron chi connectivity index (χ1n) is 26.7. The molecule has 0 radical (unpaired) electrons. The first kappa shape index (κ1) is 71.4. The molecular formula is C69H58O16Sg7. The van der Waals surface area contributed by atoms with Gasteiger partial charge in [0.05, 0.1) is 80.3 Å². The largest absolute Gasteiger partial charge is 0.463 e. The van der Waals surface area contributed by atoms with Gasteiger partial charge in [0, 0.05) is 29.5 Å². The number of hydrogen-bond donors (Lipinski definition) is 7. The van der Waals surface area contributed by atoms with E-state index in [-0.39, 0.29) is 62.7 Å². The molecule has 8 aromatic carbocycles. The molecule has 0 aliphatic rings. The predicted octanol–water partition coefficient (Wildman–Crippen LogP) is 10.4. The van der Waals surface area contributed by atoms with Crippen LogP contribution in [0.15, 0.2) is 231 Å². The summed E-state index contributed by atoms with van der Waals surface area (Å²) in [5.41, 5.74) is 11.7. The minimum Gasteiger partial charge on any atom is -0.463 e. The second-order valence-corrected chi connectivity index (χ2v) is 19.6. The summed E-state index contributed by atoms with van der Waals surface area (Å²) in [5.74, 6) is 0.480. The van der Waals surface area contributed by atoms with Crippen molar-refractivity contribution in [2.24, 2.45) is 0 Å². The summed E-state index contributed by atoms with van der Waals surface area (Å²) in [6.07, 6.45) is 1.43. The van der Waals surface area contributed by atoms with Crippen LogP contribution in [0.5, 0.6) is 0 Å². The Morgan fingerprint density at radius 3 is 1.21 bits per heavy atom. The molecule has 12 rings (SSSR count). The molecule has 0 atom stereocenters. The molecule has 92 heavy (non-hydrogen) atoms. The molecule has 0 spiro atoms. The Hall–Kier alpha value is -16.7. The van der Waals surface area contributed by atoms with Crippen LogP contribution in [0.3, 0.4) is 0 Å². The minimum absolute atomic E-state index is 0. The second kappa shape index (κ2) is 31.6. The zero-order valence-corrected chi connectivity index (χ0v) is 96.2. The molecule has 0 aliphatic heterocycles. The van der Waals surface area contributed by atoms with E-state index in [2.05, 4.69) is 0 Å². The summed E-state index contributed by atoms with van der Waals surface area (Å²) >= 11 is 0. The maximum atomic E-state index is 12.5. The first-order chi connectivity index (χ1) is 41.3. The molecule has 0 fully saturated rings. The number of methoxy groups -OCH3 is 1. The van der Waals surface area contributed by atoms with Gasteiger partial charge in [0.25, 0.3) is 0 Å². The van der Waals surface area contributed by atoms with E-state index in [4.69, 9.17) is 58.2 Å². The molecular weight excluding hydrogens is 2970 g/mol. The molecule has 0 saturated heterocycles. The summed E-state index contributed by atoms with van der Waals surface area (Å²) in [7, 11) is 1.64. The van der Waals surface area contributed by atoms with Crippen molar-refractivity contribution >= 4 is 43.9 Å². The van der Waals surface area contributed by atoms with Gasteiger partial charge in [-0.25, -0.2) is 9.59 Å². The number of aliphatic hydroxyl groups is 7. The standard InChI is InChI=1S/C18H16O4.3C17H14O4.7Sg/c1-21-11-13-4-7-17-15(8-13)9-16(18(20)22-17)14-5-2-12(10-19)3-6-14;18-9-11-1-4-13(5-2-11)17-8-15(20)14-7-12(10-19)3-6-16(14)21-17;18-9-11-1-4-13(5-2-11)15-8-14-6-3-12(10-19)7-16(14)21-17(15)20;18-8-11-1-4-13(5-2-11)15-10-21-16-7-12(9-19)3-6-14(16)17(15)20;;;;;;;/h2-9,19H,10-11H2,1H3;2*1-8,18-19H,9-10H2;1-7,10,18-19H,8-9H2;;;;;;;. The van der Waals surface area contributed by atoms with E-state index in [1.807, 2.05) is 36.4 Å². The van der Waals surface area contributed by atoms with Crippen molar-refractivity contribution in [3.05, 3.63) is 280 Å². The number of aliphatic hydroxyl groups excluding tert-OH is 7. The molecule has 0 bridgehead atoms. The topological polar surface area (TPSA) is 272 Å². The molecule has 23 heteroatoms. The fourth-order valence-electron chi connectivity index (χ4n) is 9.14. The maximum Gasteiger partial charge on any atom is 0.344 e. The number of benzene rings is 8. The number of ether oxygens (including phenoxy) is 1. The number of fused-ring (bicyclic) bond motifs is 4. The summed E-state index contributed by atoms with van der Waals surface area (Å²) < 4.78 is 27.1. The fourth-order valence-corrected chi connectivity index (χ4v) is 9.14. The average Bonchev–Trinajstić information content (AvgIpc) is 0.869. The minimum atomic E-state index is -0.422. The summed E-state index contributed by atoms with van der Waals surface area (Å²) in [6.45, 7) is 0.107. The van der Waals surface area contributed by atoms with Crippen molar-refractivity contribution < 1.29 is 58.2 Å². The predicted molar refractivity (Wildman–Crippen MR) is 324 cm³/mol. The van der Waals surface area contributed by atoms with Crippen LogP contribution in [0.25, 0.3) is 88.6 Å². The zero-order valence-electron chi connectivity index (χ0n) is 50.9. The molecule has 0 saturated carbocycles. The number of rotatable bonds is 13.